The van der Waals surface area contributed by atoms with E-state index >= 15 is 0 Å². The normalized spacial score (nSPS) is 16.6. The fourth-order valence-electron chi connectivity index (χ4n) is 2.95. The Kier molecular flexibility index (Phi) is 6.31. The Morgan fingerprint density at radius 1 is 1.20 bits per heavy atom. The van der Waals surface area contributed by atoms with Crippen molar-refractivity contribution in [1.29, 1.82) is 0 Å². The van der Waals surface area contributed by atoms with E-state index in [2.05, 4.69) is 10.6 Å². The molecule has 3 rings (SSSR count). The van der Waals surface area contributed by atoms with Crippen LogP contribution >= 0.6 is 11.6 Å². The number of carbonyl (C=O) groups is 1. The molecule has 0 saturated carbocycles. The molecule has 4 nitrogen and oxygen atoms in total. The van der Waals surface area contributed by atoms with Crippen molar-refractivity contribution in [3.05, 3.63) is 64.7 Å². The van der Waals surface area contributed by atoms with Crippen LogP contribution in [0.1, 0.15) is 24.0 Å². The lowest BCUT2D eigenvalue weighted by Crippen LogP contribution is -2.37. The Morgan fingerprint density at radius 3 is 2.84 bits per heavy atom. The molecule has 1 unspecified atom stereocenters. The van der Waals surface area contributed by atoms with Crippen LogP contribution in [0.25, 0.3) is 0 Å². The molecule has 1 aliphatic rings. The largest absolute Gasteiger partial charge is 0.489 e. The minimum atomic E-state index is 0.0423. The van der Waals surface area contributed by atoms with Crippen LogP contribution in [0.15, 0.2) is 48.5 Å². The molecule has 5 heteroatoms. The van der Waals surface area contributed by atoms with Crippen LogP contribution in [0.4, 0.5) is 0 Å². The molecule has 0 radical (unpaired) electrons. The molecule has 25 heavy (non-hydrogen) atoms. The standard InChI is InChI=1S/C20H23ClN2O2/c21-17-6-1-5-16(10-17)14-25-19-8-2-4-15(11-19)12-20(24)23-13-18-7-3-9-22-18/h1-2,4-6,8,10-11,18,22H,3,7,9,12-14H2,(H,23,24). The van der Waals surface area contributed by atoms with Crippen molar-refractivity contribution in [2.45, 2.75) is 31.9 Å². The second-order valence-corrected chi connectivity index (χ2v) is 6.78. The molecule has 1 aliphatic heterocycles. The number of halogens is 1. The van der Waals surface area contributed by atoms with Gasteiger partial charge in [0.2, 0.25) is 5.91 Å². The van der Waals surface area contributed by atoms with Crippen LogP contribution in [0.5, 0.6) is 5.75 Å². The third kappa shape index (κ3) is 5.76. The summed E-state index contributed by atoms with van der Waals surface area (Å²) in [5, 5.41) is 7.07. The molecule has 2 aromatic carbocycles. The minimum Gasteiger partial charge on any atom is -0.489 e. The number of amides is 1. The molecule has 1 atom stereocenters. The van der Waals surface area contributed by atoms with E-state index < -0.39 is 0 Å². The summed E-state index contributed by atoms with van der Waals surface area (Å²) in [6, 6.07) is 15.7. The van der Waals surface area contributed by atoms with Crippen molar-refractivity contribution in [3.8, 4) is 5.75 Å². The van der Waals surface area contributed by atoms with E-state index in [-0.39, 0.29) is 5.91 Å². The molecular weight excluding hydrogens is 336 g/mol. The van der Waals surface area contributed by atoms with Crippen LogP contribution in [-0.2, 0) is 17.8 Å². The second kappa shape index (κ2) is 8.88. The highest BCUT2D eigenvalue weighted by Gasteiger charge is 2.14. The number of hydrogen-bond donors (Lipinski definition) is 2. The first kappa shape index (κ1) is 17.8. The third-order valence-corrected chi connectivity index (χ3v) is 4.50. The summed E-state index contributed by atoms with van der Waals surface area (Å²) in [7, 11) is 0. The van der Waals surface area contributed by atoms with E-state index in [1.54, 1.807) is 0 Å². The molecule has 1 saturated heterocycles. The Hall–Kier alpha value is -2.04. The molecule has 1 heterocycles. The molecular formula is C20H23ClN2O2. The third-order valence-electron chi connectivity index (χ3n) is 4.27. The number of rotatable bonds is 7. The number of ether oxygens (including phenoxy) is 1. The molecule has 1 amide bonds. The number of carbonyl (C=O) groups excluding carboxylic acids is 1. The van der Waals surface area contributed by atoms with Gasteiger partial charge < -0.3 is 15.4 Å². The molecule has 132 valence electrons. The predicted molar refractivity (Wildman–Crippen MR) is 100.0 cm³/mol. The van der Waals surface area contributed by atoms with Gasteiger partial charge in [0, 0.05) is 17.6 Å². The summed E-state index contributed by atoms with van der Waals surface area (Å²) in [5.74, 6) is 0.795. The van der Waals surface area contributed by atoms with Crippen molar-refractivity contribution in [2.24, 2.45) is 0 Å². The topological polar surface area (TPSA) is 50.4 Å². The first-order valence-electron chi connectivity index (χ1n) is 8.65. The fourth-order valence-corrected chi connectivity index (χ4v) is 3.17. The Balaban J connectivity index is 1.49. The summed E-state index contributed by atoms with van der Waals surface area (Å²) in [4.78, 5) is 12.1. The minimum absolute atomic E-state index is 0.0423. The predicted octanol–water partition coefficient (Wildman–Crippen LogP) is 3.33. The van der Waals surface area contributed by atoms with Gasteiger partial charge in [-0.2, -0.15) is 0 Å². The molecule has 1 fully saturated rings. The van der Waals surface area contributed by atoms with Gasteiger partial charge in [-0.15, -0.1) is 0 Å². The van der Waals surface area contributed by atoms with E-state index in [4.69, 9.17) is 16.3 Å². The molecule has 0 aliphatic carbocycles. The van der Waals surface area contributed by atoms with Gasteiger partial charge in [-0.1, -0.05) is 35.9 Å². The van der Waals surface area contributed by atoms with Gasteiger partial charge in [-0.3, -0.25) is 4.79 Å². The van der Waals surface area contributed by atoms with Crippen LogP contribution in [0.3, 0.4) is 0 Å². The van der Waals surface area contributed by atoms with Gasteiger partial charge >= 0.3 is 0 Å². The fraction of sp³-hybridized carbons (Fsp3) is 0.350. The molecule has 0 spiro atoms. The number of hydrogen-bond acceptors (Lipinski definition) is 3. The molecule has 2 N–H and O–H groups in total. The highest BCUT2D eigenvalue weighted by molar-refractivity contribution is 6.30. The van der Waals surface area contributed by atoms with E-state index in [1.807, 2.05) is 48.5 Å². The lowest BCUT2D eigenvalue weighted by Gasteiger charge is -2.12. The summed E-state index contributed by atoms with van der Waals surface area (Å²) >= 11 is 5.98. The van der Waals surface area contributed by atoms with E-state index in [1.165, 1.54) is 6.42 Å². The van der Waals surface area contributed by atoms with Crippen molar-refractivity contribution in [3.63, 3.8) is 0 Å². The summed E-state index contributed by atoms with van der Waals surface area (Å²) in [6.07, 6.45) is 2.68. The number of nitrogens with one attached hydrogen (secondary N) is 2. The van der Waals surface area contributed by atoms with Gasteiger partial charge in [-0.05, 0) is 54.8 Å². The lowest BCUT2D eigenvalue weighted by atomic mass is 10.1. The van der Waals surface area contributed by atoms with Crippen molar-refractivity contribution in [1.82, 2.24) is 10.6 Å². The molecule has 2 aromatic rings. The van der Waals surface area contributed by atoms with Crippen molar-refractivity contribution < 1.29 is 9.53 Å². The van der Waals surface area contributed by atoms with E-state index in [9.17, 15) is 4.79 Å². The zero-order valence-corrected chi connectivity index (χ0v) is 14.9. The Bertz CT molecular complexity index is 714. The highest BCUT2D eigenvalue weighted by atomic mass is 35.5. The average molecular weight is 359 g/mol. The summed E-state index contributed by atoms with van der Waals surface area (Å²) < 4.78 is 5.81. The highest BCUT2D eigenvalue weighted by Crippen LogP contribution is 2.17. The van der Waals surface area contributed by atoms with Gasteiger partial charge in [0.15, 0.2) is 0 Å². The van der Waals surface area contributed by atoms with E-state index in [0.29, 0.717) is 30.6 Å². The van der Waals surface area contributed by atoms with Crippen molar-refractivity contribution >= 4 is 17.5 Å². The summed E-state index contributed by atoms with van der Waals surface area (Å²) in [6.45, 7) is 2.19. The van der Waals surface area contributed by atoms with Gasteiger partial charge in [-0.25, -0.2) is 0 Å². The van der Waals surface area contributed by atoms with Crippen LogP contribution < -0.4 is 15.4 Å². The first-order chi connectivity index (χ1) is 12.2. The van der Waals surface area contributed by atoms with Crippen LogP contribution in [-0.4, -0.2) is 25.0 Å². The van der Waals surface area contributed by atoms with Crippen LogP contribution in [0.2, 0.25) is 5.02 Å². The van der Waals surface area contributed by atoms with Gasteiger partial charge in [0.1, 0.15) is 12.4 Å². The van der Waals surface area contributed by atoms with Crippen molar-refractivity contribution in [2.75, 3.05) is 13.1 Å². The number of benzene rings is 2. The maximum atomic E-state index is 12.1. The Morgan fingerprint density at radius 2 is 2.04 bits per heavy atom. The monoisotopic (exact) mass is 358 g/mol. The van der Waals surface area contributed by atoms with Gasteiger partial charge in [0.05, 0.1) is 6.42 Å². The molecule has 0 aromatic heterocycles. The second-order valence-electron chi connectivity index (χ2n) is 6.34. The Labute approximate surface area is 153 Å². The van der Waals surface area contributed by atoms with E-state index in [0.717, 1.165) is 29.8 Å². The molecule has 0 bridgehead atoms. The zero-order chi connectivity index (χ0) is 17.5. The lowest BCUT2D eigenvalue weighted by molar-refractivity contribution is -0.120. The average Bonchev–Trinajstić information content (AvgIpc) is 3.12. The summed E-state index contributed by atoms with van der Waals surface area (Å²) in [5.41, 5.74) is 1.96. The zero-order valence-electron chi connectivity index (χ0n) is 14.1. The smallest absolute Gasteiger partial charge is 0.224 e. The SMILES string of the molecule is O=C(Cc1cccc(OCc2cccc(Cl)c2)c1)NCC1CCCN1. The maximum absolute atomic E-state index is 12.1. The van der Waals surface area contributed by atoms with Crippen LogP contribution in [0, 0.1) is 0 Å². The quantitative estimate of drug-likeness (QED) is 0.798. The van der Waals surface area contributed by atoms with Gasteiger partial charge in [0.25, 0.3) is 0 Å². The maximum Gasteiger partial charge on any atom is 0.224 e. The first-order valence-corrected chi connectivity index (χ1v) is 9.03.